The van der Waals surface area contributed by atoms with E-state index in [1.807, 2.05) is 0 Å². The molecule has 0 bridgehead atoms. The summed E-state index contributed by atoms with van der Waals surface area (Å²) in [7, 11) is 0. The Balaban J connectivity index is 1.66. The second kappa shape index (κ2) is 4.90. The molecule has 0 amide bonds. The van der Waals surface area contributed by atoms with Crippen LogP contribution in [0.25, 0.3) is 0 Å². The molecule has 0 aromatic heterocycles. The Labute approximate surface area is 132 Å². The Morgan fingerprint density at radius 1 is 1.05 bits per heavy atom. The second-order valence-corrected chi connectivity index (χ2v) is 8.71. The van der Waals surface area contributed by atoms with E-state index in [0.29, 0.717) is 47.1 Å². The highest BCUT2D eigenvalue weighted by atomic mass is 16.3. The number of aliphatic hydroxyl groups excluding tert-OH is 1. The molecule has 4 rings (SSSR count). The van der Waals surface area contributed by atoms with Crippen molar-refractivity contribution in [2.24, 2.45) is 34.5 Å². The van der Waals surface area contributed by atoms with Gasteiger partial charge in [0.15, 0.2) is 0 Å². The SMILES string of the molecule is C[C@]12CCC(=O)CC1CC[C@H]1[C@@H]3CCC(=O)[C@@]3(CO)CC[C@@H]12. The quantitative estimate of drug-likeness (QED) is 0.809. The third-order valence-electron chi connectivity index (χ3n) is 8.21. The first-order valence-electron chi connectivity index (χ1n) is 9.17. The largest absolute Gasteiger partial charge is 0.395 e. The van der Waals surface area contributed by atoms with Crippen LogP contribution in [0.4, 0.5) is 0 Å². The first kappa shape index (κ1) is 14.9. The van der Waals surface area contributed by atoms with Crippen LogP contribution in [0.2, 0.25) is 0 Å². The summed E-state index contributed by atoms with van der Waals surface area (Å²) < 4.78 is 0. The molecule has 0 radical (unpaired) electrons. The lowest BCUT2D eigenvalue weighted by molar-refractivity contribution is -0.150. The van der Waals surface area contributed by atoms with E-state index in [1.54, 1.807) is 0 Å². The highest BCUT2D eigenvalue weighted by Crippen LogP contribution is 2.65. The van der Waals surface area contributed by atoms with Crippen molar-refractivity contribution in [3.05, 3.63) is 0 Å². The molecule has 0 aliphatic heterocycles. The third kappa shape index (κ3) is 1.78. The summed E-state index contributed by atoms with van der Waals surface area (Å²) in [6.45, 7) is 2.47. The number of carbonyl (C=O) groups is 2. The zero-order valence-electron chi connectivity index (χ0n) is 13.6. The predicted molar refractivity (Wildman–Crippen MR) is 83.2 cm³/mol. The van der Waals surface area contributed by atoms with Crippen molar-refractivity contribution >= 4 is 11.6 Å². The normalized spacial score (nSPS) is 51.2. The van der Waals surface area contributed by atoms with E-state index in [-0.39, 0.29) is 6.61 Å². The summed E-state index contributed by atoms with van der Waals surface area (Å²) in [5.41, 5.74) is -0.112. The maximum Gasteiger partial charge on any atom is 0.141 e. The fraction of sp³-hybridized carbons (Fsp3) is 0.895. The Morgan fingerprint density at radius 3 is 2.64 bits per heavy atom. The number of ketones is 2. The smallest absolute Gasteiger partial charge is 0.141 e. The minimum atomic E-state index is -0.408. The van der Waals surface area contributed by atoms with Crippen molar-refractivity contribution in [2.75, 3.05) is 6.61 Å². The molecule has 0 saturated heterocycles. The van der Waals surface area contributed by atoms with Gasteiger partial charge in [-0.2, -0.15) is 0 Å². The zero-order chi connectivity index (χ0) is 15.5. The van der Waals surface area contributed by atoms with Crippen LogP contribution in [-0.4, -0.2) is 23.3 Å². The molecule has 22 heavy (non-hydrogen) atoms. The number of hydrogen-bond acceptors (Lipinski definition) is 3. The summed E-state index contributed by atoms with van der Waals surface area (Å²) >= 11 is 0. The van der Waals surface area contributed by atoms with Gasteiger partial charge < -0.3 is 5.11 Å². The van der Waals surface area contributed by atoms with Gasteiger partial charge in [0.2, 0.25) is 0 Å². The minimum absolute atomic E-state index is 0.0539. The van der Waals surface area contributed by atoms with E-state index in [4.69, 9.17) is 0 Å². The monoisotopic (exact) mass is 304 g/mol. The minimum Gasteiger partial charge on any atom is -0.395 e. The van der Waals surface area contributed by atoms with E-state index >= 15 is 0 Å². The first-order valence-corrected chi connectivity index (χ1v) is 9.17. The maximum atomic E-state index is 12.4. The molecule has 0 aromatic carbocycles. The molecule has 6 atom stereocenters. The molecule has 0 spiro atoms. The molecule has 3 nitrogen and oxygen atoms in total. The molecule has 4 saturated carbocycles. The molecule has 0 heterocycles. The van der Waals surface area contributed by atoms with Gasteiger partial charge in [0.1, 0.15) is 11.6 Å². The van der Waals surface area contributed by atoms with E-state index in [1.165, 1.54) is 0 Å². The Kier molecular flexibility index (Phi) is 3.31. The van der Waals surface area contributed by atoms with E-state index in [9.17, 15) is 14.7 Å². The molecular weight excluding hydrogens is 276 g/mol. The van der Waals surface area contributed by atoms with Gasteiger partial charge in [-0.15, -0.1) is 0 Å². The first-order chi connectivity index (χ1) is 10.5. The van der Waals surface area contributed by atoms with Crippen molar-refractivity contribution in [3.8, 4) is 0 Å². The number of Topliss-reactive ketones (excluding diaryl/α,β-unsaturated/α-hetero) is 2. The third-order valence-corrected chi connectivity index (χ3v) is 8.21. The lowest BCUT2D eigenvalue weighted by atomic mass is 9.45. The Hall–Kier alpha value is -0.700. The summed E-state index contributed by atoms with van der Waals surface area (Å²) in [6.07, 6.45) is 8.52. The molecule has 3 heteroatoms. The Bertz CT molecular complexity index is 513. The molecule has 4 aliphatic rings. The van der Waals surface area contributed by atoms with E-state index in [0.717, 1.165) is 51.4 Å². The van der Waals surface area contributed by atoms with Gasteiger partial charge in [-0.25, -0.2) is 0 Å². The van der Waals surface area contributed by atoms with Gasteiger partial charge in [-0.3, -0.25) is 9.59 Å². The fourth-order valence-corrected chi connectivity index (χ4v) is 6.92. The van der Waals surface area contributed by atoms with Crippen molar-refractivity contribution in [1.82, 2.24) is 0 Å². The summed E-state index contributed by atoms with van der Waals surface area (Å²) in [5.74, 6) is 3.01. The van der Waals surface area contributed by atoms with Gasteiger partial charge in [-0.05, 0) is 67.6 Å². The predicted octanol–water partition coefficient (Wildman–Crippen LogP) is 3.14. The number of carbonyl (C=O) groups excluding carboxylic acids is 2. The van der Waals surface area contributed by atoms with Crippen molar-refractivity contribution in [3.63, 3.8) is 0 Å². The second-order valence-electron chi connectivity index (χ2n) is 8.71. The molecule has 4 aliphatic carbocycles. The fourth-order valence-electron chi connectivity index (χ4n) is 6.92. The Morgan fingerprint density at radius 2 is 1.86 bits per heavy atom. The number of fused-ring (bicyclic) bond motifs is 5. The standard InChI is InChI=1S/C19H28O3/c1-18-8-6-13(21)10-12(18)2-3-14-15(18)7-9-19(11-20)16(14)4-5-17(19)22/h12,14-16,20H,2-11H2,1H3/t12?,14-,15+,16+,18+,19-/m1/s1. The zero-order valence-corrected chi connectivity index (χ0v) is 13.6. The van der Waals surface area contributed by atoms with Crippen LogP contribution in [0.1, 0.15) is 64.7 Å². The van der Waals surface area contributed by atoms with Gasteiger partial charge in [0, 0.05) is 19.3 Å². The molecule has 0 aromatic rings. The van der Waals surface area contributed by atoms with Crippen LogP contribution in [0, 0.1) is 34.5 Å². The summed E-state index contributed by atoms with van der Waals surface area (Å²) in [6, 6.07) is 0. The van der Waals surface area contributed by atoms with Crippen LogP contribution in [0.5, 0.6) is 0 Å². The average Bonchev–Trinajstić information content (AvgIpc) is 2.86. The van der Waals surface area contributed by atoms with Crippen LogP contribution in [0.3, 0.4) is 0 Å². The molecule has 122 valence electrons. The van der Waals surface area contributed by atoms with Crippen molar-refractivity contribution in [2.45, 2.75) is 64.7 Å². The summed E-state index contributed by atoms with van der Waals surface area (Å²) in [4.78, 5) is 24.3. The average molecular weight is 304 g/mol. The van der Waals surface area contributed by atoms with Crippen molar-refractivity contribution < 1.29 is 14.7 Å². The number of aliphatic hydroxyl groups is 1. The highest BCUT2D eigenvalue weighted by molar-refractivity contribution is 5.87. The molecular formula is C19H28O3. The summed E-state index contributed by atoms with van der Waals surface area (Å²) in [5, 5.41) is 9.98. The van der Waals surface area contributed by atoms with Crippen LogP contribution in [0.15, 0.2) is 0 Å². The number of rotatable bonds is 1. The van der Waals surface area contributed by atoms with Crippen LogP contribution < -0.4 is 0 Å². The van der Waals surface area contributed by atoms with Crippen LogP contribution in [-0.2, 0) is 9.59 Å². The van der Waals surface area contributed by atoms with E-state index in [2.05, 4.69) is 6.92 Å². The van der Waals surface area contributed by atoms with Gasteiger partial charge in [0.05, 0.1) is 12.0 Å². The lowest BCUT2D eigenvalue weighted by Crippen LogP contribution is -2.55. The maximum absolute atomic E-state index is 12.4. The molecule has 1 N–H and O–H groups in total. The van der Waals surface area contributed by atoms with Crippen molar-refractivity contribution in [1.29, 1.82) is 0 Å². The topological polar surface area (TPSA) is 54.4 Å². The number of hydrogen-bond donors (Lipinski definition) is 1. The molecule has 1 unspecified atom stereocenters. The van der Waals surface area contributed by atoms with Gasteiger partial charge in [0.25, 0.3) is 0 Å². The highest BCUT2D eigenvalue weighted by Gasteiger charge is 2.61. The van der Waals surface area contributed by atoms with Crippen LogP contribution >= 0.6 is 0 Å². The van der Waals surface area contributed by atoms with E-state index < -0.39 is 5.41 Å². The van der Waals surface area contributed by atoms with Gasteiger partial charge >= 0.3 is 0 Å². The van der Waals surface area contributed by atoms with Gasteiger partial charge in [-0.1, -0.05) is 6.92 Å². The molecule has 4 fully saturated rings. The lowest BCUT2D eigenvalue weighted by Gasteiger charge is -2.59.